The fourth-order valence-corrected chi connectivity index (χ4v) is 3.17. The topological polar surface area (TPSA) is 67.3 Å². The van der Waals surface area contributed by atoms with Crippen molar-refractivity contribution in [3.63, 3.8) is 0 Å². The number of amidine groups is 1. The van der Waals surface area contributed by atoms with Crippen LogP contribution < -0.4 is 10.9 Å². The number of hydrogen-bond donors (Lipinski definition) is 2. The smallest absolute Gasteiger partial charge is 0.202 e. The third-order valence-electron chi connectivity index (χ3n) is 4.93. The number of hydrogen-bond acceptors (Lipinski definition) is 4. The molecule has 0 bridgehead atoms. The summed E-state index contributed by atoms with van der Waals surface area (Å²) < 4.78 is 9.75. The molecule has 2 heterocycles. The molecule has 6 nitrogen and oxygen atoms in total. The molecule has 1 aromatic rings. The predicted molar refractivity (Wildman–Crippen MR) is 120 cm³/mol. The number of aromatic nitrogens is 2. The first-order chi connectivity index (χ1) is 14.3. The Bertz CT molecular complexity index is 754. The quantitative estimate of drug-likeness (QED) is 0.369. The minimum atomic E-state index is 0.612. The van der Waals surface area contributed by atoms with E-state index < -0.39 is 0 Å². The normalized spacial score (nSPS) is 14.8. The van der Waals surface area contributed by atoms with Gasteiger partial charge in [-0.1, -0.05) is 44.2 Å². The largest absolute Gasteiger partial charge is 0.377 e. The van der Waals surface area contributed by atoms with Crippen molar-refractivity contribution in [3.05, 3.63) is 54.5 Å². The van der Waals surface area contributed by atoms with Crippen LogP contribution in [0.3, 0.4) is 0 Å². The second-order valence-corrected chi connectivity index (χ2v) is 7.26. The Morgan fingerprint density at radius 2 is 2.03 bits per heavy atom. The molecule has 1 aromatic heterocycles. The summed E-state index contributed by atoms with van der Waals surface area (Å²) in [6.07, 6.45) is 18.6. The van der Waals surface area contributed by atoms with Crippen molar-refractivity contribution in [1.29, 1.82) is 5.41 Å². The minimum Gasteiger partial charge on any atom is -0.377 e. The highest BCUT2D eigenvalue weighted by Crippen LogP contribution is 2.03. The van der Waals surface area contributed by atoms with Crippen LogP contribution in [0.25, 0.3) is 0 Å². The van der Waals surface area contributed by atoms with Gasteiger partial charge in [0.2, 0.25) is 5.62 Å². The van der Waals surface area contributed by atoms with Crippen LogP contribution in [0.2, 0.25) is 0 Å². The van der Waals surface area contributed by atoms with Crippen molar-refractivity contribution < 1.29 is 4.74 Å². The van der Waals surface area contributed by atoms with Crippen LogP contribution in [0.15, 0.2) is 53.8 Å². The summed E-state index contributed by atoms with van der Waals surface area (Å²) in [5.74, 6) is 0.936. The Morgan fingerprint density at radius 3 is 2.72 bits per heavy atom. The van der Waals surface area contributed by atoms with E-state index in [9.17, 15) is 0 Å². The lowest BCUT2D eigenvalue weighted by Crippen LogP contribution is -2.30. The van der Waals surface area contributed by atoms with Crippen LogP contribution in [0.4, 0.5) is 0 Å². The highest BCUT2D eigenvalue weighted by Gasteiger charge is 2.05. The lowest BCUT2D eigenvalue weighted by atomic mass is 10.2. The summed E-state index contributed by atoms with van der Waals surface area (Å²) in [6, 6.07) is 0. The van der Waals surface area contributed by atoms with Crippen LogP contribution in [0, 0.1) is 5.41 Å². The number of imidazole rings is 1. The molecule has 0 unspecified atom stereocenters. The molecule has 1 aliphatic rings. The third-order valence-corrected chi connectivity index (χ3v) is 4.93. The summed E-state index contributed by atoms with van der Waals surface area (Å²) in [4.78, 5) is 4.49. The van der Waals surface area contributed by atoms with Crippen molar-refractivity contribution in [3.8, 4) is 0 Å². The van der Waals surface area contributed by atoms with Crippen molar-refractivity contribution in [1.82, 2.24) is 14.5 Å². The molecule has 0 saturated heterocycles. The second kappa shape index (κ2) is 13.8. The first-order valence-electron chi connectivity index (χ1n) is 10.9. The molecule has 6 heteroatoms. The van der Waals surface area contributed by atoms with Crippen LogP contribution >= 0.6 is 0 Å². The summed E-state index contributed by atoms with van der Waals surface area (Å²) in [7, 11) is 0. The number of aliphatic imine (C=N–C) groups is 1. The molecule has 0 aromatic carbocycles. The molecule has 0 saturated carbocycles. The summed E-state index contributed by atoms with van der Waals surface area (Å²) in [5, 5.41) is 11.5. The SMILES string of the molecule is C=C/C(=C\C=CCOCCCCCn1ccn(CCCC)c1=N)C1=NCCCN1. The molecule has 0 aliphatic carbocycles. The second-order valence-electron chi connectivity index (χ2n) is 7.26. The number of nitrogens with one attached hydrogen (secondary N) is 2. The van der Waals surface area contributed by atoms with E-state index in [4.69, 9.17) is 10.1 Å². The van der Waals surface area contributed by atoms with Gasteiger partial charge < -0.3 is 19.2 Å². The molecule has 0 spiro atoms. The number of nitrogens with zero attached hydrogens (tertiary/aromatic N) is 3. The van der Waals surface area contributed by atoms with E-state index in [-0.39, 0.29) is 0 Å². The zero-order valence-corrected chi connectivity index (χ0v) is 17.9. The van der Waals surface area contributed by atoms with Crippen molar-refractivity contribution in [2.24, 2.45) is 4.99 Å². The lowest BCUT2D eigenvalue weighted by molar-refractivity contribution is 0.157. The number of unbranched alkanes of at least 4 members (excludes halogenated alkanes) is 3. The van der Waals surface area contributed by atoms with Gasteiger partial charge in [-0.2, -0.15) is 0 Å². The van der Waals surface area contributed by atoms with Gasteiger partial charge in [-0.25, -0.2) is 0 Å². The Kier molecular flexibility index (Phi) is 10.9. The summed E-state index contributed by atoms with van der Waals surface area (Å²) >= 11 is 0. The molecule has 2 N–H and O–H groups in total. The van der Waals surface area contributed by atoms with E-state index in [1.807, 2.05) is 45.8 Å². The highest BCUT2D eigenvalue weighted by atomic mass is 16.5. The monoisotopic (exact) mass is 399 g/mol. The Morgan fingerprint density at radius 1 is 1.24 bits per heavy atom. The molecule has 1 aliphatic heterocycles. The fraction of sp³-hybridized carbons (Fsp3) is 0.565. The van der Waals surface area contributed by atoms with Crippen molar-refractivity contribution in [2.45, 2.75) is 58.5 Å². The standard InChI is InChI=1S/C23H37N5O/c1-3-5-15-27-17-18-28(23(27)24)16-8-6-9-19-29-20-10-7-12-21(4-2)22-25-13-11-14-26-22/h4,7,10,12,17-18,24H,2-3,5-6,8-9,11,13-16,19-20H2,1H3,(H,25,26)/b10-7?,21-12+,24-23?. The molecule has 160 valence electrons. The van der Waals surface area contributed by atoms with E-state index in [2.05, 4.69) is 23.8 Å². The lowest BCUT2D eigenvalue weighted by Gasteiger charge is -2.14. The fourth-order valence-electron chi connectivity index (χ4n) is 3.17. The van der Waals surface area contributed by atoms with Crippen LogP contribution in [-0.4, -0.2) is 41.3 Å². The molecular weight excluding hydrogens is 362 g/mol. The maximum Gasteiger partial charge on any atom is 0.202 e. The summed E-state index contributed by atoms with van der Waals surface area (Å²) in [5.41, 5.74) is 1.64. The van der Waals surface area contributed by atoms with Gasteiger partial charge in [0.1, 0.15) is 5.84 Å². The number of ether oxygens (including phenoxy) is 1. The highest BCUT2D eigenvalue weighted by molar-refractivity contribution is 6.01. The van der Waals surface area contributed by atoms with E-state index in [0.717, 1.165) is 82.7 Å². The van der Waals surface area contributed by atoms with Gasteiger partial charge in [-0.3, -0.25) is 10.4 Å². The minimum absolute atomic E-state index is 0.612. The maximum atomic E-state index is 8.20. The average molecular weight is 400 g/mol. The van der Waals surface area contributed by atoms with Crippen LogP contribution in [0.5, 0.6) is 0 Å². The number of rotatable bonds is 14. The Hall–Kier alpha value is -2.34. The molecular formula is C23H37N5O. The number of aryl methyl sites for hydroxylation is 2. The van der Waals surface area contributed by atoms with Gasteiger partial charge in [0.05, 0.1) is 6.61 Å². The average Bonchev–Trinajstić information content (AvgIpc) is 3.10. The van der Waals surface area contributed by atoms with Gasteiger partial charge >= 0.3 is 0 Å². The van der Waals surface area contributed by atoms with E-state index in [1.165, 1.54) is 0 Å². The number of allylic oxidation sites excluding steroid dienone is 2. The molecule has 0 radical (unpaired) electrons. The molecule has 0 amide bonds. The maximum absolute atomic E-state index is 8.20. The molecule has 0 atom stereocenters. The van der Waals surface area contributed by atoms with E-state index in [1.54, 1.807) is 0 Å². The van der Waals surface area contributed by atoms with Gasteiger partial charge in [0.25, 0.3) is 0 Å². The van der Waals surface area contributed by atoms with Crippen molar-refractivity contribution in [2.75, 3.05) is 26.3 Å². The zero-order valence-electron chi connectivity index (χ0n) is 17.9. The van der Waals surface area contributed by atoms with Gasteiger partial charge in [-0.15, -0.1) is 0 Å². The predicted octanol–water partition coefficient (Wildman–Crippen LogP) is 3.82. The van der Waals surface area contributed by atoms with Crippen LogP contribution in [0.1, 0.15) is 45.4 Å². The van der Waals surface area contributed by atoms with E-state index >= 15 is 0 Å². The van der Waals surface area contributed by atoms with Gasteiger partial charge in [0.15, 0.2) is 0 Å². The zero-order chi connectivity index (χ0) is 20.7. The Balaban J connectivity index is 1.56. The van der Waals surface area contributed by atoms with Crippen LogP contribution in [-0.2, 0) is 17.8 Å². The van der Waals surface area contributed by atoms with Gasteiger partial charge in [0, 0.05) is 50.8 Å². The molecule has 0 fully saturated rings. The molecule has 2 rings (SSSR count). The first-order valence-corrected chi connectivity index (χ1v) is 10.9. The van der Waals surface area contributed by atoms with Crippen molar-refractivity contribution >= 4 is 5.84 Å². The van der Waals surface area contributed by atoms with E-state index in [0.29, 0.717) is 12.2 Å². The third kappa shape index (κ3) is 8.28. The van der Waals surface area contributed by atoms with Gasteiger partial charge in [-0.05, 0) is 32.1 Å². The summed E-state index contributed by atoms with van der Waals surface area (Å²) in [6.45, 7) is 11.1. The first kappa shape index (κ1) is 22.9. The molecule has 29 heavy (non-hydrogen) atoms. The Labute approximate surface area is 175 Å².